The molecule has 3 aromatic rings. The van der Waals surface area contributed by atoms with Gasteiger partial charge in [0, 0.05) is 23.1 Å². The minimum absolute atomic E-state index is 0.192. The molecule has 1 amide bonds. The summed E-state index contributed by atoms with van der Waals surface area (Å²) in [6.07, 6.45) is 1.56. The summed E-state index contributed by atoms with van der Waals surface area (Å²) < 4.78 is 14.2. The van der Waals surface area contributed by atoms with Crippen LogP contribution >= 0.6 is 22.9 Å². The minimum Gasteiger partial charge on any atom is -0.507 e. The molecule has 0 aliphatic heterocycles. The molecule has 0 bridgehead atoms. The highest BCUT2D eigenvalue weighted by Crippen LogP contribution is 2.32. The van der Waals surface area contributed by atoms with Crippen LogP contribution in [0.25, 0.3) is 10.6 Å². The van der Waals surface area contributed by atoms with E-state index in [1.54, 1.807) is 35.8 Å². The summed E-state index contributed by atoms with van der Waals surface area (Å²) in [4.78, 5) is 16.2. The Balaban J connectivity index is 1.77. The summed E-state index contributed by atoms with van der Waals surface area (Å²) in [7, 11) is 0. The Kier molecular flexibility index (Phi) is 4.78. The fourth-order valence-corrected chi connectivity index (χ4v) is 2.93. The number of thiazole rings is 1. The van der Waals surface area contributed by atoms with Gasteiger partial charge in [-0.3, -0.25) is 4.79 Å². The Morgan fingerprint density at radius 3 is 2.71 bits per heavy atom. The molecule has 0 atom stereocenters. The van der Waals surface area contributed by atoms with E-state index in [-0.39, 0.29) is 23.4 Å². The monoisotopic (exact) mass is 362 g/mol. The number of carbonyl (C=O) groups is 1. The number of aromatic nitrogens is 1. The Labute approximate surface area is 146 Å². The molecule has 0 fully saturated rings. The van der Waals surface area contributed by atoms with Gasteiger partial charge in [0.1, 0.15) is 16.6 Å². The molecule has 122 valence electrons. The zero-order chi connectivity index (χ0) is 17.1. The lowest BCUT2D eigenvalue weighted by Gasteiger charge is -2.09. The number of phenolic OH excluding ortho intramolecular Hbond substituents is 1. The lowest BCUT2D eigenvalue weighted by molar-refractivity contribution is 0.0946. The minimum atomic E-state index is -0.716. The number of hydrogen-bond donors (Lipinski definition) is 2. The number of phenols is 1. The van der Waals surface area contributed by atoms with Crippen LogP contribution in [0.1, 0.15) is 15.9 Å². The highest BCUT2D eigenvalue weighted by molar-refractivity contribution is 7.13. The molecule has 0 aliphatic carbocycles. The molecule has 24 heavy (non-hydrogen) atoms. The topological polar surface area (TPSA) is 62.2 Å². The molecule has 3 rings (SSSR count). The number of aromatic hydroxyl groups is 1. The second-order valence-electron chi connectivity index (χ2n) is 5.00. The van der Waals surface area contributed by atoms with Gasteiger partial charge in [0.15, 0.2) is 0 Å². The number of nitrogens with zero attached hydrogens (tertiary/aromatic N) is 1. The van der Waals surface area contributed by atoms with E-state index < -0.39 is 11.7 Å². The van der Waals surface area contributed by atoms with Gasteiger partial charge in [-0.15, -0.1) is 11.3 Å². The van der Waals surface area contributed by atoms with Crippen molar-refractivity contribution in [2.45, 2.75) is 6.54 Å². The molecule has 0 saturated heterocycles. The molecule has 2 aromatic carbocycles. The van der Waals surface area contributed by atoms with Crippen molar-refractivity contribution in [3.05, 3.63) is 69.9 Å². The van der Waals surface area contributed by atoms with Crippen LogP contribution in [0.2, 0.25) is 5.02 Å². The maximum Gasteiger partial charge on any atom is 0.254 e. The fraction of sp³-hybridized carbons (Fsp3) is 0.0588. The summed E-state index contributed by atoms with van der Waals surface area (Å²) in [6, 6.07) is 9.18. The van der Waals surface area contributed by atoms with Gasteiger partial charge in [0.05, 0.1) is 11.1 Å². The van der Waals surface area contributed by atoms with E-state index in [1.807, 2.05) is 0 Å². The van der Waals surface area contributed by atoms with Crippen LogP contribution in [-0.2, 0) is 6.54 Å². The van der Waals surface area contributed by atoms with Crippen molar-refractivity contribution in [1.82, 2.24) is 10.3 Å². The second kappa shape index (κ2) is 6.98. The fourth-order valence-electron chi connectivity index (χ4n) is 2.14. The molecular formula is C17H12ClFN2O2S. The molecule has 4 nitrogen and oxygen atoms in total. The average Bonchev–Trinajstić information content (AvgIpc) is 3.10. The average molecular weight is 363 g/mol. The van der Waals surface area contributed by atoms with Crippen LogP contribution in [0.4, 0.5) is 4.39 Å². The van der Waals surface area contributed by atoms with Gasteiger partial charge in [-0.2, -0.15) is 0 Å². The quantitative estimate of drug-likeness (QED) is 0.729. The Hall–Kier alpha value is -2.44. The predicted octanol–water partition coefficient (Wildman–Crippen LogP) is 4.24. The maximum absolute atomic E-state index is 14.2. The largest absolute Gasteiger partial charge is 0.507 e. The zero-order valence-electron chi connectivity index (χ0n) is 12.3. The van der Waals surface area contributed by atoms with E-state index in [1.165, 1.54) is 11.3 Å². The number of nitrogens with one attached hydrogen (secondary N) is 1. The lowest BCUT2D eigenvalue weighted by atomic mass is 10.1. The van der Waals surface area contributed by atoms with E-state index in [9.17, 15) is 14.3 Å². The maximum atomic E-state index is 14.2. The highest BCUT2D eigenvalue weighted by atomic mass is 35.5. The summed E-state index contributed by atoms with van der Waals surface area (Å²) in [6.45, 7) is 0.227. The van der Waals surface area contributed by atoms with Gasteiger partial charge in [-0.1, -0.05) is 23.7 Å². The van der Waals surface area contributed by atoms with Crippen molar-refractivity contribution in [3.63, 3.8) is 0 Å². The molecule has 2 N–H and O–H groups in total. The van der Waals surface area contributed by atoms with Crippen LogP contribution in [0, 0.1) is 5.82 Å². The van der Waals surface area contributed by atoms with Crippen LogP contribution in [0.15, 0.2) is 48.0 Å². The first-order valence-electron chi connectivity index (χ1n) is 6.99. The second-order valence-corrected chi connectivity index (χ2v) is 6.33. The van der Waals surface area contributed by atoms with Gasteiger partial charge in [-0.05, 0) is 29.8 Å². The van der Waals surface area contributed by atoms with E-state index in [0.29, 0.717) is 10.0 Å². The molecule has 0 saturated carbocycles. The van der Waals surface area contributed by atoms with Crippen LogP contribution in [0.5, 0.6) is 5.75 Å². The van der Waals surface area contributed by atoms with Crippen molar-refractivity contribution in [3.8, 4) is 16.3 Å². The summed E-state index contributed by atoms with van der Waals surface area (Å²) >= 11 is 7.07. The first-order valence-corrected chi connectivity index (χ1v) is 8.25. The third-order valence-corrected chi connectivity index (χ3v) is 4.42. The van der Waals surface area contributed by atoms with Gasteiger partial charge < -0.3 is 10.4 Å². The number of halogens is 2. The molecule has 0 spiro atoms. The summed E-state index contributed by atoms with van der Waals surface area (Å²) in [5.74, 6) is -1.52. The van der Waals surface area contributed by atoms with Crippen molar-refractivity contribution < 1.29 is 14.3 Å². The molecule has 1 heterocycles. The normalized spacial score (nSPS) is 10.6. The van der Waals surface area contributed by atoms with Crippen molar-refractivity contribution in [2.24, 2.45) is 0 Å². The van der Waals surface area contributed by atoms with Crippen LogP contribution < -0.4 is 5.32 Å². The SMILES string of the molecule is O=C(NCc1ccc(Cl)cc1)c1cc(O)c(-c2nccs2)cc1F. The Morgan fingerprint density at radius 1 is 1.29 bits per heavy atom. The molecule has 0 unspecified atom stereocenters. The van der Waals surface area contributed by atoms with Gasteiger partial charge in [0.25, 0.3) is 5.91 Å². The third-order valence-electron chi connectivity index (χ3n) is 3.36. The van der Waals surface area contributed by atoms with E-state index >= 15 is 0 Å². The van der Waals surface area contributed by atoms with E-state index in [4.69, 9.17) is 11.6 Å². The molecule has 0 aliphatic rings. The van der Waals surface area contributed by atoms with Gasteiger partial charge in [0.2, 0.25) is 0 Å². The number of benzene rings is 2. The molecule has 1 aromatic heterocycles. The van der Waals surface area contributed by atoms with Gasteiger partial charge >= 0.3 is 0 Å². The molecule has 0 radical (unpaired) electrons. The highest BCUT2D eigenvalue weighted by Gasteiger charge is 2.17. The van der Waals surface area contributed by atoms with Crippen molar-refractivity contribution in [1.29, 1.82) is 0 Å². The van der Waals surface area contributed by atoms with E-state index in [2.05, 4.69) is 10.3 Å². The zero-order valence-corrected chi connectivity index (χ0v) is 13.9. The summed E-state index contributed by atoms with van der Waals surface area (Å²) in [5, 5.41) is 15.5. The van der Waals surface area contributed by atoms with Gasteiger partial charge in [-0.25, -0.2) is 9.37 Å². The number of rotatable bonds is 4. The summed E-state index contributed by atoms with van der Waals surface area (Å²) in [5.41, 5.74) is 0.871. The van der Waals surface area contributed by atoms with Crippen molar-refractivity contribution in [2.75, 3.05) is 0 Å². The number of hydrogen-bond acceptors (Lipinski definition) is 4. The predicted molar refractivity (Wildman–Crippen MR) is 91.8 cm³/mol. The van der Waals surface area contributed by atoms with Crippen LogP contribution in [0.3, 0.4) is 0 Å². The standard InChI is InChI=1S/C17H12ClFN2O2S/c18-11-3-1-10(2-4-11)9-21-16(23)12-8-15(22)13(7-14(12)19)17-20-5-6-24-17/h1-8,22H,9H2,(H,21,23). The number of carbonyl (C=O) groups excluding carboxylic acids is 1. The smallest absolute Gasteiger partial charge is 0.254 e. The Bertz CT molecular complexity index is 867. The van der Waals surface area contributed by atoms with Crippen LogP contribution in [-0.4, -0.2) is 16.0 Å². The van der Waals surface area contributed by atoms with E-state index in [0.717, 1.165) is 17.7 Å². The molecular weight excluding hydrogens is 351 g/mol. The number of amides is 1. The Morgan fingerprint density at radius 2 is 2.04 bits per heavy atom. The molecule has 7 heteroatoms. The first kappa shape index (κ1) is 16.4. The third kappa shape index (κ3) is 3.55. The lowest BCUT2D eigenvalue weighted by Crippen LogP contribution is -2.23. The van der Waals surface area contributed by atoms with Crippen molar-refractivity contribution >= 4 is 28.8 Å². The first-order chi connectivity index (χ1) is 11.5.